The molecule has 110 valence electrons. The highest BCUT2D eigenvalue weighted by molar-refractivity contribution is 6.03. The van der Waals surface area contributed by atoms with Crippen LogP contribution in [0.5, 0.6) is 0 Å². The number of hydrogen-bond acceptors (Lipinski definition) is 5. The lowest BCUT2D eigenvalue weighted by atomic mass is 9.92. The van der Waals surface area contributed by atoms with Gasteiger partial charge in [0.25, 0.3) is 0 Å². The van der Waals surface area contributed by atoms with E-state index in [4.69, 9.17) is 4.74 Å². The van der Waals surface area contributed by atoms with Gasteiger partial charge in [0, 0.05) is 29.9 Å². The number of aromatic nitrogens is 3. The Bertz CT molecular complexity index is 819. The molecule has 0 amide bonds. The zero-order valence-electron chi connectivity index (χ0n) is 12.4. The second-order valence-electron chi connectivity index (χ2n) is 5.03. The van der Waals surface area contributed by atoms with Crippen LogP contribution in [0.4, 0.5) is 0 Å². The summed E-state index contributed by atoms with van der Waals surface area (Å²) in [5.41, 5.74) is 3.10. The van der Waals surface area contributed by atoms with Crippen LogP contribution in [0.15, 0.2) is 49.2 Å². The van der Waals surface area contributed by atoms with Crippen LogP contribution >= 0.6 is 0 Å². The molecule has 2 aromatic heterocycles. The third kappa shape index (κ3) is 2.53. The number of rotatable bonds is 3. The molecule has 0 saturated carbocycles. The number of carbonyl (C=O) groups excluding carboxylic acids is 1. The molecule has 0 fully saturated rings. The summed E-state index contributed by atoms with van der Waals surface area (Å²) in [5, 5.41) is 0.907. The van der Waals surface area contributed by atoms with Gasteiger partial charge in [-0.1, -0.05) is 13.0 Å². The Kier molecular flexibility index (Phi) is 3.78. The zero-order chi connectivity index (χ0) is 15.5. The van der Waals surface area contributed by atoms with Crippen molar-refractivity contribution in [1.82, 2.24) is 15.0 Å². The highest BCUT2D eigenvalue weighted by atomic mass is 16.5. The van der Waals surface area contributed by atoms with Crippen LogP contribution in [0.1, 0.15) is 34.3 Å². The molecule has 1 atom stereocenters. The summed E-state index contributed by atoms with van der Waals surface area (Å²) in [6.07, 6.45) is 6.73. The van der Waals surface area contributed by atoms with Crippen molar-refractivity contribution >= 4 is 16.9 Å². The maximum atomic E-state index is 12.1. The van der Waals surface area contributed by atoms with Gasteiger partial charge in [0.05, 0.1) is 18.2 Å². The maximum absolute atomic E-state index is 12.1. The standard InChI is InChI=1S/C17H15N3O2/c1-11(14-8-18-10-19-9-14)13-6-12-4-3-5-20-16(12)15(7-13)17(21)22-2/h3-11H,1-2H3. The Morgan fingerprint density at radius 1 is 1.18 bits per heavy atom. The molecule has 0 N–H and O–H groups in total. The third-order valence-corrected chi connectivity index (χ3v) is 3.71. The lowest BCUT2D eigenvalue weighted by molar-refractivity contribution is 0.0602. The first-order chi connectivity index (χ1) is 10.7. The molecule has 0 radical (unpaired) electrons. The fourth-order valence-corrected chi connectivity index (χ4v) is 2.46. The summed E-state index contributed by atoms with van der Waals surface area (Å²) in [6.45, 7) is 2.05. The van der Waals surface area contributed by atoms with Gasteiger partial charge in [-0.2, -0.15) is 0 Å². The molecule has 0 aliphatic heterocycles. The predicted octanol–water partition coefficient (Wildman–Crippen LogP) is 2.96. The molecule has 2 heterocycles. The Hall–Kier alpha value is -2.82. The summed E-state index contributed by atoms with van der Waals surface area (Å²) in [5.74, 6) is -0.323. The monoisotopic (exact) mass is 293 g/mol. The molecular formula is C17H15N3O2. The smallest absolute Gasteiger partial charge is 0.340 e. The van der Waals surface area contributed by atoms with E-state index in [9.17, 15) is 4.79 Å². The molecule has 0 saturated heterocycles. The van der Waals surface area contributed by atoms with Crippen molar-refractivity contribution in [2.45, 2.75) is 12.8 Å². The van der Waals surface area contributed by atoms with Gasteiger partial charge >= 0.3 is 5.97 Å². The highest BCUT2D eigenvalue weighted by Crippen LogP contribution is 2.28. The van der Waals surface area contributed by atoms with Crippen LogP contribution in [-0.2, 0) is 4.74 Å². The molecule has 22 heavy (non-hydrogen) atoms. The van der Waals surface area contributed by atoms with Crippen molar-refractivity contribution in [3.63, 3.8) is 0 Å². The average molecular weight is 293 g/mol. The zero-order valence-corrected chi connectivity index (χ0v) is 12.4. The first-order valence-electron chi connectivity index (χ1n) is 6.92. The minimum atomic E-state index is -0.387. The molecule has 1 aromatic carbocycles. The van der Waals surface area contributed by atoms with Crippen LogP contribution in [0, 0.1) is 0 Å². The Morgan fingerprint density at radius 2 is 1.95 bits per heavy atom. The maximum Gasteiger partial charge on any atom is 0.340 e. The molecule has 0 aliphatic carbocycles. The molecule has 0 aliphatic rings. The summed E-state index contributed by atoms with van der Waals surface area (Å²) >= 11 is 0. The van der Waals surface area contributed by atoms with Crippen LogP contribution < -0.4 is 0 Å². The molecular weight excluding hydrogens is 278 g/mol. The number of ether oxygens (including phenoxy) is 1. The number of hydrogen-bond donors (Lipinski definition) is 0. The molecule has 1 unspecified atom stereocenters. The topological polar surface area (TPSA) is 65.0 Å². The molecule has 5 heteroatoms. The van der Waals surface area contributed by atoms with E-state index in [1.165, 1.54) is 13.4 Å². The SMILES string of the molecule is COC(=O)c1cc(C(C)c2cncnc2)cc2cccnc12. The van der Waals surface area contributed by atoms with Crippen LogP contribution in [0.25, 0.3) is 10.9 Å². The first kappa shape index (κ1) is 14.1. The van der Waals surface area contributed by atoms with Crippen LogP contribution in [0.3, 0.4) is 0 Å². The van der Waals surface area contributed by atoms with E-state index in [0.717, 1.165) is 16.5 Å². The van der Waals surface area contributed by atoms with Gasteiger partial charge in [-0.25, -0.2) is 14.8 Å². The largest absolute Gasteiger partial charge is 0.465 e. The Balaban J connectivity index is 2.17. The van der Waals surface area contributed by atoms with E-state index in [-0.39, 0.29) is 11.9 Å². The average Bonchev–Trinajstić information content (AvgIpc) is 2.60. The summed E-state index contributed by atoms with van der Waals surface area (Å²) in [7, 11) is 1.37. The van der Waals surface area contributed by atoms with Crippen molar-refractivity contribution in [3.8, 4) is 0 Å². The van der Waals surface area contributed by atoms with Gasteiger partial charge in [-0.05, 0) is 29.3 Å². The Labute approximate surface area is 128 Å². The number of esters is 1. The van der Waals surface area contributed by atoms with Crippen LogP contribution in [0.2, 0.25) is 0 Å². The van der Waals surface area contributed by atoms with Gasteiger partial charge in [0.1, 0.15) is 6.33 Å². The minimum Gasteiger partial charge on any atom is -0.465 e. The lowest BCUT2D eigenvalue weighted by Crippen LogP contribution is -2.06. The van der Waals surface area contributed by atoms with E-state index in [1.54, 1.807) is 18.6 Å². The third-order valence-electron chi connectivity index (χ3n) is 3.71. The van der Waals surface area contributed by atoms with E-state index in [2.05, 4.69) is 21.9 Å². The second-order valence-corrected chi connectivity index (χ2v) is 5.03. The summed E-state index contributed by atoms with van der Waals surface area (Å²) < 4.78 is 4.88. The number of carbonyl (C=O) groups is 1. The number of pyridine rings is 1. The van der Waals surface area contributed by atoms with E-state index in [0.29, 0.717) is 11.1 Å². The molecule has 5 nitrogen and oxygen atoms in total. The predicted molar refractivity (Wildman–Crippen MR) is 82.6 cm³/mol. The molecule has 0 bridgehead atoms. The quantitative estimate of drug-likeness (QED) is 0.695. The van der Waals surface area contributed by atoms with Crippen molar-refractivity contribution in [2.75, 3.05) is 7.11 Å². The number of fused-ring (bicyclic) bond motifs is 1. The van der Waals surface area contributed by atoms with Gasteiger partial charge in [-0.15, -0.1) is 0 Å². The van der Waals surface area contributed by atoms with Gasteiger partial charge < -0.3 is 4.74 Å². The van der Waals surface area contributed by atoms with Crippen molar-refractivity contribution in [2.24, 2.45) is 0 Å². The number of benzene rings is 1. The molecule has 3 rings (SSSR count). The Morgan fingerprint density at radius 3 is 2.68 bits per heavy atom. The van der Waals surface area contributed by atoms with Gasteiger partial charge in [-0.3, -0.25) is 4.98 Å². The van der Waals surface area contributed by atoms with Gasteiger partial charge in [0.2, 0.25) is 0 Å². The van der Waals surface area contributed by atoms with Crippen molar-refractivity contribution in [3.05, 3.63) is 65.9 Å². The number of nitrogens with zero attached hydrogens (tertiary/aromatic N) is 3. The molecule has 3 aromatic rings. The minimum absolute atomic E-state index is 0.0641. The lowest BCUT2D eigenvalue weighted by Gasteiger charge is -2.14. The van der Waals surface area contributed by atoms with Gasteiger partial charge in [0.15, 0.2) is 0 Å². The van der Waals surface area contributed by atoms with E-state index < -0.39 is 0 Å². The van der Waals surface area contributed by atoms with Crippen molar-refractivity contribution < 1.29 is 9.53 Å². The number of methoxy groups -OCH3 is 1. The molecule has 0 spiro atoms. The van der Waals surface area contributed by atoms with E-state index in [1.807, 2.05) is 24.3 Å². The summed E-state index contributed by atoms with van der Waals surface area (Å²) in [4.78, 5) is 24.5. The summed E-state index contributed by atoms with van der Waals surface area (Å²) in [6, 6.07) is 7.65. The first-order valence-corrected chi connectivity index (χ1v) is 6.92. The fourth-order valence-electron chi connectivity index (χ4n) is 2.46. The highest BCUT2D eigenvalue weighted by Gasteiger charge is 2.17. The van der Waals surface area contributed by atoms with Crippen molar-refractivity contribution in [1.29, 1.82) is 0 Å². The van der Waals surface area contributed by atoms with Crippen LogP contribution in [-0.4, -0.2) is 28.0 Å². The fraction of sp³-hybridized carbons (Fsp3) is 0.176. The van der Waals surface area contributed by atoms with E-state index >= 15 is 0 Å². The normalized spacial score (nSPS) is 12.1. The second kappa shape index (κ2) is 5.89.